The standard InChI is InChI=1S/C9H14N2O3S2/c1-9(2,16(3,13)14)6-11-5-4-7(12)10-8(11)15/h4-5H,6H2,1-3H3,(H,10,12,15). The van der Waals surface area contributed by atoms with Crippen molar-refractivity contribution >= 4 is 22.1 Å². The Morgan fingerprint density at radius 3 is 2.50 bits per heavy atom. The molecule has 0 spiro atoms. The van der Waals surface area contributed by atoms with E-state index < -0.39 is 14.6 Å². The Hall–Kier alpha value is -0.950. The van der Waals surface area contributed by atoms with Crippen molar-refractivity contribution in [2.75, 3.05) is 6.26 Å². The van der Waals surface area contributed by atoms with E-state index in [1.165, 1.54) is 23.1 Å². The maximum atomic E-state index is 11.5. The first-order valence-corrected chi connectivity index (χ1v) is 6.93. The summed E-state index contributed by atoms with van der Waals surface area (Å²) in [7, 11) is -3.19. The highest BCUT2D eigenvalue weighted by Gasteiger charge is 2.30. The number of aromatic nitrogens is 2. The smallest absolute Gasteiger partial charge is 0.251 e. The minimum atomic E-state index is -3.19. The van der Waals surface area contributed by atoms with Gasteiger partial charge in [-0.25, -0.2) is 8.42 Å². The average Bonchev–Trinajstić information content (AvgIpc) is 2.08. The molecule has 0 bridgehead atoms. The maximum absolute atomic E-state index is 11.5. The Balaban J connectivity index is 3.16. The van der Waals surface area contributed by atoms with Crippen LogP contribution in [0.25, 0.3) is 0 Å². The van der Waals surface area contributed by atoms with Crippen molar-refractivity contribution in [1.29, 1.82) is 0 Å². The monoisotopic (exact) mass is 262 g/mol. The number of hydrogen-bond acceptors (Lipinski definition) is 4. The Kier molecular flexibility index (Phi) is 3.39. The number of nitrogens with zero attached hydrogens (tertiary/aromatic N) is 1. The molecule has 0 saturated carbocycles. The highest BCUT2D eigenvalue weighted by atomic mass is 32.2. The van der Waals surface area contributed by atoms with Crippen LogP contribution in [0.15, 0.2) is 17.1 Å². The molecule has 1 heterocycles. The van der Waals surface area contributed by atoms with Gasteiger partial charge in [0.2, 0.25) is 0 Å². The Labute approximate surface area is 99.1 Å². The lowest BCUT2D eigenvalue weighted by atomic mass is 10.2. The molecule has 0 saturated heterocycles. The fourth-order valence-electron chi connectivity index (χ4n) is 1.10. The van der Waals surface area contributed by atoms with E-state index in [9.17, 15) is 13.2 Å². The number of rotatable bonds is 3. The van der Waals surface area contributed by atoms with Crippen LogP contribution < -0.4 is 5.56 Å². The van der Waals surface area contributed by atoms with E-state index in [1.807, 2.05) is 0 Å². The van der Waals surface area contributed by atoms with E-state index >= 15 is 0 Å². The zero-order chi connectivity index (χ0) is 12.6. The zero-order valence-electron chi connectivity index (χ0n) is 9.35. The molecule has 5 nitrogen and oxygen atoms in total. The number of H-pyrrole nitrogens is 1. The summed E-state index contributed by atoms with van der Waals surface area (Å²) in [5, 5.41) is 0. The molecule has 0 unspecified atom stereocenters. The van der Waals surface area contributed by atoms with Gasteiger partial charge < -0.3 is 4.57 Å². The molecule has 0 aliphatic heterocycles. The normalized spacial score (nSPS) is 12.7. The molecule has 16 heavy (non-hydrogen) atoms. The molecule has 0 amide bonds. The summed E-state index contributed by atoms with van der Waals surface area (Å²) in [6.07, 6.45) is 2.68. The van der Waals surface area contributed by atoms with Gasteiger partial charge in [0, 0.05) is 25.1 Å². The molecule has 0 aromatic carbocycles. The third-order valence-corrected chi connectivity index (χ3v) is 4.92. The molecule has 1 rings (SSSR count). The predicted octanol–water partition coefficient (Wildman–Crippen LogP) is 0.729. The first kappa shape index (κ1) is 13.1. The Morgan fingerprint density at radius 2 is 2.06 bits per heavy atom. The Morgan fingerprint density at radius 1 is 1.50 bits per heavy atom. The highest BCUT2D eigenvalue weighted by Crippen LogP contribution is 2.17. The molecule has 7 heteroatoms. The number of aromatic amines is 1. The Bertz CT molecular complexity index is 596. The van der Waals surface area contributed by atoms with Crippen molar-refractivity contribution in [3.8, 4) is 0 Å². The summed E-state index contributed by atoms with van der Waals surface area (Å²) in [4.78, 5) is 13.4. The summed E-state index contributed by atoms with van der Waals surface area (Å²) >= 11 is 4.94. The number of hydrogen-bond donors (Lipinski definition) is 1. The van der Waals surface area contributed by atoms with Crippen LogP contribution in [0.3, 0.4) is 0 Å². The predicted molar refractivity (Wildman–Crippen MR) is 64.8 cm³/mol. The highest BCUT2D eigenvalue weighted by molar-refractivity contribution is 7.92. The van der Waals surface area contributed by atoms with Gasteiger partial charge in [-0.2, -0.15) is 0 Å². The molecule has 1 aromatic heterocycles. The minimum Gasteiger partial charge on any atom is -0.324 e. The average molecular weight is 262 g/mol. The molecule has 1 N–H and O–H groups in total. The minimum absolute atomic E-state index is 0.210. The van der Waals surface area contributed by atoms with Gasteiger partial charge in [-0.1, -0.05) is 0 Å². The van der Waals surface area contributed by atoms with Crippen LogP contribution in [0.5, 0.6) is 0 Å². The molecule has 0 fully saturated rings. The topological polar surface area (TPSA) is 71.9 Å². The van der Waals surface area contributed by atoms with E-state index in [1.54, 1.807) is 13.8 Å². The molecule has 0 radical (unpaired) electrons. The van der Waals surface area contributed by atoms with E-state index in [2.05, 4.69) is 4.98 Å². The van der Waals surface area contributed by atoms with Gasteiger partial charge in [-0.15, -0.1) is 0 Å². The first-order valence-electron chi connectivity index (χ1n) is 4.63. The molecule has 0 atom stereocenters. The van der Waals surface area contributed by atoms with Crippen LogP contribution >= 0.6 is 12.2 Å². The second kappa shape index (κ2) is 4.14. The summed E-state index contributed by atoms with van der Waals surface area (Å²) < 4.78 is 23.9. The van der Waals surface area contributed by atoms with E-state index in [0.717, 1.165) is 0 Å². The lowest BCUT2D eigenvalue weighted by Crippen LogP contribution is -2.36. The maximum Gasteiger partial charge on any atom is 0.251 e. The lowest BCUT2D eigenvalue weighted by molar-refractivity contribution is 0.495. The van der Waals surface area contributed by atoms with Crippen molar-refractivity contribution in [1.82, 2.24) is 9.55 Å². The van der Waals surface area contributed by atoms with Crippen LogP contribution in [0, 0.1) is 4.77 Å². The lowest BCUT2D eigenvalue weighted by Gasteiger charge is -2.23. The first-order chi connectivity index (χ1) is 7.13. The molecular formula is C9H14N2O3S2. The van der Waals surface area contributed by atoms with Crippen LogP contribution in [0.1, 0.15) is 13.8 Å². The van der Waals surface area contributed by atoms with E-state index in [0.29, 0.717) is 0 Å². The van der Waals surface area contributed by atoms with Crippen LogP contribution in [-0.2, 0) is 16.4 Å². The molecule has 90 valence electrons. The van der Waals surface area contributed by atoms with Crippen LogP contribution in [0.2, 0.25) is 0 Å². The van der Waals surface area contributed by atoms with Crippen molar-refractivity contribution in [2.24, 2.45) is 0 Å². The SMILES string of the molecule is CC(C)(Cn1ccc(=O)[nH]c1=S)S(C)(=O)=O. The largest absolute Gasteiger partial charge is 0.324 e. The second-order valence-corrected chi connectivity index (χ2v) is 7.31. The molecule has 1 aromatic rings. The summed E-state index contributed by atoms with van der Waals surface area (Å²) in [5.74, 6) is 0. The van der Waals surface area contributed by atoms with Gasteiger partial charge >= 0.3 is 0 Å². The van der Waals surface area contributed by atoms with Gasteiger partial charge in [0.25, 0.3) is 5.56 Å². The van der Waals surface area contributed by atoms with Crippen molar-refractivity contribution in [3.63, 3.8) is 0 Å². The molecular weight excluding hydrogens is 248 g/mol. The van der Waals surface area contributed by atoms with Crippen LogP contribution in [0.4, 0.5) is 0 Å². The molecule has 0 aliphatic rings. The second-order valence-electron chi connectivity index (χ2n) is 4.27. The third-order valence-electron chi connectivity index (χ3n) is 2.45. The van der Waals surface area contributed by atoms with Gasteiger partial charge in [0.05, 0.1) is 4.75 Å². The van der Waals surface area contributed by atoms with Crippen LogP contribution in [-0.4, -0.2) is 29.0 Å². The fraction of sp³-hybridized carbons (Fsp3) is 0.556. The summed E-state index contributed by atoms with van der Waals surface area (Å²) in [6.45, 7) is 3.45. The zero-order valence-corrected chi connectivity index (χ0v) is 11.0. The summed E-state index contributed by atoms with van der Waals surface area (Å²) in [6, 6.07) is 1.31. The van der Waals surface area contributed by atoms with Crippen molar-refractivity contribution in [3.05, 3.63) is 27.4 Å². The quantitative estimate of drug-likeness (QED) is 0.815. The van der Waals surface area contributed by atoms with Gasteiger partial charge in [-0.05, 0) is 26.1 Å². The number of sulfone groups is 1. The van der Waals surface area contributed by atoms with Crippen molar-refractivity contribution in [2.45, 2.75) is 25.1 Å². The third kappa shape index (κ3) is 2.79. The van der Waals surface area contributed by atoms with Crippen molar-refractivity contribution < 1.29 is 8.42 Å². The van der Waals surface area contributed by atoms with E-state index in [4.69, 9.17) is 12.2 Å². The van der Waals surface area contributed by atoms with E-state index in [-0.39, 0.29) is 16.9 Å². The van der Waals surface area contributed by atoms with Gasteiger partial charge in [0.15, 0.2) is 14.6 Å². The summed E-state index contributed by atoms with van der Waals surface area (Å²) in [5.41, 5.74) is -0.293. The molecule has 0 aliphatic carbocycles. The van der Waals surface area contributed by atoms with Gasteiger partial charge in [0.1, 0.15) is 0 Å². The number of nitrogens with one attached hydrogen (secondary N) is 1. The fourth-order valence-corrected chi connectivity index (χ4v) is 1.70. The van der Waals surface area contributed by atoms with Gasteiger partial charge in [-0.3, -0.25) is 9.78 Å².